The smallest absolute Gasteiger partial charge is 0.410 e. The van der Waals surface area contributed by atoms with Crippen LogP contribution in [-0.2, 0) is 14.3 Å². The molecule has 1 unspecified atom stereocenters. The van der Waals surface area contributed by atoms with Crippen LogP contribution in [0.4, 0.5) is 4.79 Å². The number of amides is 2. The third kappa shape index (κ3) is 4.12. The molecular formula is C16H28N2O4. The van der Waals surface area contributed by atoms with E-state index in [0.717, 1.165) is 26.1 Å². The van der Waals surface area contributed by atoms with Crippen LogP contribution >= 0.6 is 0 Å². The number of rotatable bonds is 3. The minimum absolute atomic E-state index is 0.00798. The first kappa shape index (κ1) is 17.1. The molecule has 0 aliphatic carbocycles. The predicted molar refractivity (Wildman–Crippen MR) is 82.5 cm³/mol. The molecule has 22 heavy (non-hydrogen) atoms. The van der Waals surface area contributed by atoms with E-state index in [9.17, 15) is 9.59 Å². The third-order valence-electron chi connectivity index (χ3n) is 4.42. The zero-order valence-electron chi connectivity index (χ0n) is 14.1. The van der Waals surface area contributed by atoms with Gasteiger partial charge in [-0.25, -0.2) is 4.79 Å². The van der Waals surface area contributed by atoms with E-state index < -0.39 is 5.60 Å². The second-order valence-electron chi connectivity index (χ2n) is 7.49. The molecule has 2 aliphatic heterocycles. The lowest BCUT2D eigenvalue weighted by Crippen LogP contribution is -2.57. The summed E-state index contributed by atoms with van der Waals surface area (Å²) in [5.74, 6) is 0.00798. The molecule has 0 bridgehead atoms. The minimum atomic E-state index is -0.503. The molecule has 2 aliphatic rings. The van der Waals surface area contributed by atoms with Crippen LogP contribution in [0.25, 0.3) is 0 Å². The fourth-order valence-electron chi connectivity index (χ4n) is 3.15. The Bertz CT molecular complexity index is 426. The second-order valence-corrected chi connectivity index (χ2v) is 7.49. The molecule has 2 saturated heterocycles. The van der Waals surface area contributed by atoms with Crippen LogP contribution in [0.15, 0.2) is 0 Å². The molecule has 2 heterocycles. The van der Waals surface area contributed by atoms with Gasteiger partial charge in [-0.3, -0.25) is 4.79 Å². The van der Waals surface area contributed by atoms with E-state index in [4.69, 9.17) is 9.47 Å². The van der Waals surface area contributed by atoms with Crippen molar-refractivity contribution in [1.29, 1.82) is 0 Å². The molecule has 6 nitrogen and oxygen atoms in total. The van der Waals surface area contributed by atoms with Crippen LogP contribution in [-0.4, -0.2) is 55.3 Å². The van der Waals surface area contributed by atoms with E-state index in [1.54, 1.807) is 11.9 Å². The number of carbonyl (C=O) groups is 2. The molecule has 2 fully saturated rings. The highest BCUT2D eigenvalue weighted by atomic mass is 16.6. The van der Waals surface area contributed by atoms with Crippen molar-refractivity contribution in [3.63, 3.8) is 0 Å². The van der Waals surface area contributed by atoms with E-state index in [1.165, 1.54) is 0 Å². The van der Waals surface area contributed by atoms with Crippen LogP contribution < -0.4 is 5.32 Å². The molecule has 1 atom stereocenters. The Morgan fingerprint density at radius 3 is 2.55 bits per heavy atom. The summed E-state index contributed by atoms with van der Waals surface area (Å²) < 4.78 is 10.9. The first-order valence-corrected chi connectivity index (χ1v) is 8.03. The summed E-state index contributed by atoms with van der Waals surface area (Å²) in [7, 11) is 1.64. The van der Waals surface area contributed by atoms with Crippen LogP contribution in [0.2, 0.25) is 0 Å². The zero-order chi connectivity index (χ0) is 16.4. The van der Waals surface area contributed by atoms with Gasteiger partial charge in [0.1, 0.15) is 5.60 Å². The monoisotopic (exact) mass is 312 g/mol. The van der Waals surface area contributed by atoms with Crippen molar-refractivity contribution in [2.45, 2.75) is 58.1 Å². The van der Waals surface area contributed by atoms with Crippen molar-refractivity contribution in [1.82, 2.24) is 10.2 Å². The number of nitrogens with zero attached hydrogens (tertiary/aromatic N) is 1. The van der Waals surface area contributed by atoms with E-state index in [0.29, 0.717) is 19.4 Å². The number of hydrogen-bond acceptors (Lipinski definition) is 4. The van der Waals surface area contributed by atoms with Crippen LogP contribution in [0.3, 0.4) is 0 Å². The highest BCUT2D eigenvalue weighted by Gasteiger charge is 2.46. The quantitative estimate of drug-likeness (QED) is 0.864. The Morgan fingerprint density at radius 1 is 1.36 bits per heavy atom. The van der Waals surface area contributed by atoms with Gasteiger partial charge < -0.3 is 19.7 Å². The summed E-state index contributed by atoms with van der Waals surface area (Å²) in [5, 5.41) is 2.64. The van der Waals surface area contributed by atoms with Crippen LogP contribution in [0.5, 0.6) is 0 Å². The van der Waals surface area contributed by atoms with Gasteiger partial charge in [-0.1, -0.05) is 0 Å². The van der Waals surface area contributed by atoms with Gasteiger partial charge in [-0.2, -0.15) is 0 Å². The van der Waals surface area contributed by atoms with Gasteiger partial charge >= 0.3 is 6.09 Å². The molecule has 0 aromatic rings. The summed E-state index contributed by atoms with van der Waals surface area (Å²) >= 11 is 0. The van der Waals surface area contributed by atoms with E-state index in [-0.39, 0.29) is 23.5 Å². The highest BCUT2D eigenvalue weighted by molar-refractivity contribution is 5.75. The maximum Gasteiger partial charge on any atom is 0.410 e. The van der Waals surface area contributed by atoms with Crippen molar-refractivity contribution in [2.75, 3.05) is 26.8 Å². The molecular weight excluding hydrogens is 284 g/mol. The maximum absolute atomic E-state index is 12.4. The van der Waals surface area contributed by atoms with Crippen LogP contribution in [0.1, 0.15) is 46.5 Å². The summed E-state index contributed by atoms with van der Waals surface area (Å²) in [6.07, 6.45) is 2.66. The Morgan fingerprint density at radius 2 is 2.05 bits per heavy atom. The fourth-order valence-corrected chi connectivity index (χ4v) is 3.15. The number of ether oxygens (including phenoxy) is 2. The summed E-state index contributed by atoms with van der Waals surface area (Å²) in [6.45, 7) is 7.83. The first-order valence-electron chi connectivity index (χ1n) is 8.03. The Kier molecular flexibility index (Phi) is 5.00. The third-order valence-corrected chi connectivity index (χ3v) is 4.42. The van der Waals surface area contributed by atoms with Crippen LogP contribution in [0, 0.1) is 5.41 Å². The largest absolute Gasteiger partial charge is 0.444 e. The topological polar surface area (TPSA) is 67.9 Å². The van der Waals surface area contributed by atoms with Gasteiger partial charge in [-0.15, -0.1) is 0 Å². The average molecular weight is 312 g/mol. The summed E-state index contributed by atoms with van der Waals surface area (Å²) in [6, 6.07) is 0.0461. The molecule has 2 rings (SSSR count). The number of carbonyl (C=O) groups excluding carboxylic acids is 2. The summed E-state index contributed by atoms with van der Waals surface area (Å²) in [5.41, 5.74) is -0.303. The Hall–Kier alpha value is -1.30. The molecule has 1 spiro atoms. The SMILES string of the molecule is CNC(=O)CCC1CC2(CCN1C(=O)OC(C)(C)C)COC2. The van der Waals surface area contributed by atoms with Gasteiger partial charge in [0.25, 0.3) is 0 Å². The number of likely N-dealkylation sites (tertiary alicyclic amines) is 1. The lowest BCUT2D eigenvalue weighted by Gasteiger charge is -2.50. The lowest BCUT2D eigenvalue weighted by molar-refractivity contribution is -0.150. The Labute approximate surface area is 132 Å². The van der Waals surface area contributed by atoms with E-state index >= 15 is 0 Å². The van der Waals surface area contributed by atoms with Gasteiger partial charge in [0.2, 0.25) is 5.91 Å². The average Bonchev–Trinajstić information content (AvgIpc) is 2.40. The normalized spacial score (nSPS) is 23.8. The maximum atomic E-state index is 12.4. The van der Waals surface area contributed by atoms with E-state index in [2.05, 4.69) is 5.32 Å². The van der Waals surface area contributed by atoms with Gasteiger partial charge in [0.15, 0.2) is 0 Å². The lowest BCUT2D eigenvalue weighted by atomic mass is 9.73. The van der Waals surface area contributed by atoms with Gasteiger partial charge in [0.05, 0.1) is 13.2 Å². The van der Waals surface area contributed by atoms with Crippen molar-refractivity contribution in [3.8, 4) is 0 Å². The van der Waals surface area contributed by atoms with Crippen molar-refractivity contribution >= 4 is 12.0 Å². The summed E-state index contributed by atoms with van der Waals surface area (Å²) in [4.78, 5) is 25.8. The Balaban J connectivity index is 2.01. The molecule has 6 heteroatoms. The number of hydrogen-bond donors (Lipinski definition) is 1. The molecule has 126 valence electrons. The number of piperidine rings is 1. The second kappa shape index (κ2) is 6.44. The predicted octanol–water partition coefficient (Wildman–Crippen LogP) is 1.93. The van der Waals surface area contributed by atoms with Crippen molar-refractivity contribution < 1.29 is 19.1 Å². The molecule has 0 aromatic heterocycles. The molecule has 1 N–H and O–H groups in total. The first-order chi connectivity index (χ1) is 10.2. The fraction of sp³-hybridized carbons (Fsp3) is 0.875. The zero-order valence-corrected chi connectivity index (χ0v) is 14.1. The molecule has 2 amide bonds. The highest BCUT2D eigenvalue weighted by Crippen LogP contribution is 2.42. The standard InChI is InChI=1S/C16H28N2O4/c1-15(2,3)22-14(20)18-8-7-16(10-21-11-16)9-12(18)5-6-13(19)17-4/h12H,5-11H2,1-4H3,(H,17,19). The number of nitrogens with one attached hydrogen (secondary N) is 1. The van der Waals surface area contributed by atoms with E-state index in [1.807, 2.05) is 20.8 Å². The molecule has 0 aromatic carbocycles. The van der Waals surface area contributed by atoms with Gasteiger partial charge in [0, 0.05) is 31.5 Å². The van der Waals surface area contributed by atoms with Crippen molar-refractivity contribution in [2.24, 2.45) is 5.41 Å². The van der Waals surface area contributed by atoms with Crippen molar-refractivity contribution in [3.05, 3.63) is 0 Å². The van der Waals surface area contributed by atoms with Gasteiger partial charge in [-0.05, 0) is 40.0 Å². The molecule has 0 saturated carbocycles. The minimum Gasteiger partial charge on any atom is -0.444 e. The molecule has 0 radical (unpaired) electrons.